The van der Waals surface area contributed by atoms with Crippen molar-refractivity contribution >= 4 is 12.2 Å². The van der Waals surface area contributed by atoms with Crippen LogP contribution < -0.4 is 0 Å². The Morgan fingerprint density at radius 3 is 2.57 bits per heavy atom. The first-order valence-corrected chi connectivity index (χ1v) is 7.85. The normalized spacial score (nSPS) is 21.2. The highest BCUT2D eigenvalue weighted by atomic mass is 16.3. The summed E-state index contributed by atoms with van der Waals surface area (Å²) in [6.45, 7) is 12.2. The van der Waals surface area contributed by atoms with Crippen LogP contribution in [0.15, 0.2) is 30.6 Å². The highest BCUT2D eigenvalue weighted by Crippen LogP contribution is 2.40. The van der Waals surface area contributed by atoms with Crippen molar-refractivity contribution in [2.45, 2.75) is 39.5 Å². The SMILES string of the molecule is C=Cc1cc2c(c(C)c1/C=C(\C)C1CC1)CC(C(=C)O)C2. The summed E-state index contributed by atoms with van der Waals surface area (Å²) in [4.78, 5) is 0. The Bertz CT molecular complexity index is 644. The first kappa shape index (κ1) is 14.2. The molecule has 1 saturated carbocycles. The van der Waals surface area contributed by atoms with Crippen molar-refractivity contribution in [3.63, 3.8) is 0 Å². The molecule has 0 bridgehead atoms. The van der Waals surface area contributed by atoms with E-state index in [1.165, 1.54) is 46.2 Å². The second-order valence-electron chi connectivity index (χ2n) is 6.61. The zero-order chi connectivity index (χ0) is 15.1. The monoisotopic (exact) mass is 280 g/mol. The molecule has 1 N–H and O–H groups in total. The van der Waals surface area contributed by atoms with Crippen LogP contribution in [0.1, 0.15) is 47.6 Å². The lowest BCUT2D eigenvalue weighted by Gasteiger charge is -2.13. The summed E-state index contributed by atoms with van der Waals surface area (Å²) >= 11 is 0. The molecule has 0 aliphatic heterocycles. The van der Waals surface area contributed by atoms with Gasteiger partial charge in [0.15, 0.2) is 0 Å². The van der Waals surface area contributed by atoms with Gasteiger partial charge in [0.2, 0.25) is 0 Å². The standard InChI is InChI=1S/C20H24O/c1-5-15-9-18-10-17(14(4)21)11-20(18)13(3)19(15)8-12(2)16-6-7-16/h5,8-9,16-17,21H,1,4,6-7,10-11H2,2-3H3/b12-8+. The Balaban J connectivity index is 2.06. The molecule has 110 valence electrons. The van der Waals surface area contributed by atoms with Crippen LogP contribution in [0, 0.1) is 18.8 Å². The zero-order valence-electron chi connectivity index (χ0n) is 13.1. The molecule has 1 nitrogen and oxygen atoms in total. The van der Waals surface area contributed by atoms with Gasteiger partial charge in [-0.05, 0) is 73.3 Å². The van der Waals surface area contributed by atoms with E-state index >= 15 is 0 Å². The van der Waals surface area contributed by atoms with Crippen LogP contribution in [-0.4, -0.2) is 5.11 Å². The van der Waals surface area contributed by atoms with E-state index in [0.717, 1.165) is 18.8 Å². The summed E-state index contributed by atoms with van der Waals surface area (Å²) in [5.41, 5.74) is 8.13. The van der Waals surface area contributed by atoms with Crippen molar-refractivity contribution in [2.75, 3.05) is 0 Å². The van der Waals surface area contributed by atoms with E-state index in [2.05, 4.69) is 39.1 Å². The number of aliphatic hydroxyl groups excluding tert-OH is 1. The fraction of sp³-hybridized carbons (Fsp3) is 0.400. The largest absolute Gasteiger partial charge is 0.513 e. The second-order valence-corrected chi connectivity index (χ2v) is 6.61. The molecular formula is C20H24O. The van der Waals surface area contributed by atoms with Crippen LogP contribution in [0.25, 0.3) is 12.2 Å². The second kappa shape index (κ2) is 5.22. The third-order valence-electron chi connectivity index (χ3n) is 5.09. The molecule has 3 rings (SSSR count). The third-order valence-corrected chi connectivity index (χ3v) is 5.09. The maximum absolute atomic E-state index is 9.71. The van der Waals surface area contributed by atoms with Gasteiger partial charge in [-0.15, -0.1) is 0 Å². The Labute approximate surface area is 127 Å². The number of allylic oxidation sites excluding steroid dienone is 2. The predicted octanol–water partition coefficient (Wildman–Crippen LogP) is 5.24. The Morgan fingerprint density at radius 1 is 1.29 bits per heavy atom. The van der Waals surface area contributed by atoms with Crippen LogP contribution in [0.3, 0.4) is 0 Å². The lowest BCUT2D eigenvalue weighted by molar-refractivity contribution is 0.337. The maximum Gasteiger partial charge on any atom is 0.0888 e. The topological polar surface area (TPSA) is 20.2 Å². The van der Waals surface area contributed by atoms with E-state index in [1.54, 1.807) is 0 Å². The van der Waals surface area contributed by atoms with Gasteiger partial charge < -0.3 is 5.11 Å². The molecule has 0 radical (unpaired) electrons. The molecule has 0 spiro atoms. The smallest absolute Gasteiger partial charge is 0.0888 e. The van der Waals surface area contributed by atoms with E-state index in [9.17, 15) is 5.11 Å². The van der Waals surface area contributed by atoms with Gasteiger partial charge in [0.25, 0.3) is 0 Å². The number of benzene rings is 1. The van der Waals surface area contributed by atoms with E-state index < -0.39 is 0 Å². The molecule has 2 aliphatic rings. The highest BCUT2D eigenvalue weighted by Gasteiger charge is 2.27. The molecule has 1 atom stereocenters. The Hall–Kier alpha value is -1.76. The maximum atomic E-state index is 9.71. The lowest BCUT2D eigenvalue weighted by Crippen LogP contribution is -2.01. The number of hydrogen-bond acceptors (Lipinski definition) is 1. The Morgan fingerprint density at radius 2 is 2.00 bits per heavy atom. The fourth-order valence-electron chi connectivity index (χ4n) is 3.50. The van der Waals surface area contributed by atoms with Gasteiger partial charge in [-0.1, -0.05) is 36.9 Å². The average Bonchev–Trinajstić information content (AvgIpc) is 3.21. The minimum absolute atomic E-state index is 0.181. The molecule has 2 aliphatic carbocycles. The van der Waals surface area contributed by atoms with Crippen molar-refractivity contribution in [1.29, 1.82) is 0 Å². The van der Waals surface area contributed by atoms with Gasteiger partial charge in [0.05, 0.1) is 5.76 Å². The summed E-state index contributed by atoms with van der Waals surface area (Å²) in [6.07, 6.45) is 8.80. The van der Waals surface area contributed by atoms with E-state index in [-0.39, 0.29) is 5.92 Å². The molecule has 1 heteroatoms. The number of hydrogen-bond donors (Lipinski definition) is 1. The predicted molar refractivity (Wildman–Crippen MR) is 90.3 cm³/mol. The third kappa shape index (κ3) is 2.57. The van der Waals surface area contributed by atoms with Gasteiger partial charge in [0, 0.05) is 5.92 Å². The summed E-state index contributed by atoms with van der Waals surface area (Å²) in [5.74, 6) is 1.29. The van der Waals surface area contributed by atoms with Crippen molar-refractivity contribution in [1.82, 2.24) is 0 Å². The molecule has 0 amide bonds. The van der Waals surface area contributed by atoms with E-state index in [0.29, 0.717) is 5.76 Å². The molecular weight excluding hydrogens is 256 g/mol. The minimum atomic E-state index is 0.181. The van der Waals surface area contributed by atoms with Crippen molar-refractivity contribution < 1.29 is 5.11 Å². The van der Waals surface area contributed by atoms with Crippen LogP contribution in [0.2, 0.25) is 0 Å². The van der Waals surface area contributed by atoms with Gasteiger partial charge in [-0.3, -0.25) is 0 Å². The quantitative estimate of drug-likeness (QED) is 0.748. The summed E-state index contributed by atoms with van der Waals surface area (Å²) in [5, 5.41) is 9.71. The molecule has 1 aromatic rings. The molecule has 1 unspecified atom stereocenters. The molecule has 21 heavy (non-hydrogen) atoms. The molecule has 0 aromatic heterocycles. The molecule has 0 heterocycles. The lowest BCUT2D eigenvalue weighted by atomic mass is 9.92. The Kier molecular flexibility index (Phi) is 3.52. The molecule has 1 aromatic carbocycles. The van der Waals surface area contributed by atoms with Crippen LogP contribution >= 0.6 is 0 Å². The minimum Gasteiger partial charge on any atom is -0.513 e. The van der Waals surface area contributed by atoms with Crippen molar-refractivity contribution in [2.24, 2.45) is 11.8 Å². The first-order valence-electron chi connectivity index (χ1n) is 7.85. The summed E-state index contributed by atoms with van der Waals surface area (Å²) in [7, 11) is 0. The van der Waals surface area contributed by atoms with Crippen LogP contribution in [-0.2, 0) is 12.8 Å². The first-order chi connectivity index (χ1) is 10.0. The zero-order valence-corrected chi connectivity index (χ0v) is 13.1. The highest BCUT2D eigenvalue weighted by molar-refractivity contribution is 5.71. The van der Waals surface area contributed by atoms with Crippen molar-refractivity contribution in [3.05, 3.63) is 58.4 Å². The van der Waals surface area contributed by atoms with Gasteiger partial charge >= 0.3 is 0 Å². The fourth-order valence-corrected chi connectivity index (χ4v) is 3.50. The number of fused-ring (bicyclic) bond motifs is 1. The van der Waals surface area contributed by atoms with Crippen LogP contribution in [0.5, 0.6) is 0 Å². The van der Waals surface area contributed by atoms with Gasteiger partial charge in [-0.25, -0.2) is 0 Å². The van der Waals surface area contributed by atoms with Gasteiger partial charge in [0.1, 0.15) is 0 Å². The number of aliphatic hydroxyl groups is 1. The summed E-state index contributed by atoms with van der Waals surface area (Å²) < 4.78 is 0. The summed E-state index contributed by atoms with van der Waals surface area (Å²) in [6, 6.07) is 2.25. The van der Waals surface area contributed by atoms with Crippen molar-refractivity contribution in [3.8, 4) is 0 Å². The van der Waals surface area contributed by atoms with E-state index in [1.807, 2.05) is 6.08 Å². The van der Waals surface area contributed by atoms with Crippen LogP contribution in [0.4, 0.5) is 0 Å². The van der Waals surface area contributed by atoms with E-state index in [4.69, 9.17) is 0 Å². The average molecular weight is 280 g/mol. The molecule has 0 saturated heterocycles. The number of rotatable bonds is 4. The molecule has 1 fully saturated rings. The van der Waals surface area contributed by atoms with Gasteiger partial charge in [-0.2, -0.15) is 0 Å².